The van der Waals surface area contributed by atoms with Gasteiger partial charge in [-0.15, -0.1) is 10.2 Å². The topological polar surface area (TPSA) is 77.2 Å². The van der Waals surface area contributed by atoms with Crippen LogP contribution >= 0.6 is 0 Å². The van der Waals surface area contributed by atoms with Crippen LogP contribution in [-0.2, 0) is 21.1 Å². The van der Waals surface area contributed by atoms with Crippen molar-refractivity contribution in [2.24, 2.45) is 4.36 Å². The number of rotatable bonds is 0. The Morgan fingerprint density at radius 1 is 1.67 bits per heavy atom. The third-order valence-electron chi connectivity index (χ3n) is 1.50. The van der Waals surface area contributed by atoms with E-state index in [1.54, 1.807) is 0 Å². The Bertz CT molecular complexity index is 454. The van der Waals surface area contributed by atoms with Gasteiger partial charge in [0.25, 0.3) is 5.91 Å². The normalized spacial score (nSPS) is 27.9. The van der Waals surface area contributed by atoms with Crippen LogP contribution in [0.3, 0.4) is 0 Å². The molecule has 12 heavy (non-hydrogen) atoms. The van der Waals surface area contributed by atoms with E-state index in [2.05, 4.69) is 14.6 Å². The maximum absolute atomic E-state index is 11.6. The van der Waals surface area contributed by atoms with Crippen molar-refractivity contribution in [3.8, 4) is 0 Å². The van der Waals surface area contributed by atoms with Crippen LogP contribution in [0, 0.1) is 0 Å². The van der Waals surface area contributed by atoms with Gasteiger partial charge in [0.15, 0.2) is 0 Å². The molecule has 0 spiro atoms. The Labute approximate surface area is 68.8 Å². The van der Waals surface area contributed by atoms with Crippen LogP contribution in [0.15, 0.2) is 15.8 Å². The van der Waals surface area contributed by atoms with Crippen LogP contribution in [0.5, 0.6) is 0 Å². The quantitative estimate of drug-likeness (QED) is 0.535. The summed E-state index contributed by atoms with van der Waals surface area (Å²) in [6.45, 7) is 0.0904. The summed E-state index contributed by atoms with van der Waals surface area (Å²) in [5, 5.41) is 7.47. The van der Waals surface area contributed by atoms with E-state index in [4.69, 9.17) is 0 Å². The first-order chi connectivity index (χ1) is 5.59. The maximum atomic E-state index is 11.6. The summed E-state index contributed by atoms with van der Waals surface area (Å²) in [5.74, 6) is -0.394. The molecule has 0 saturated heterocycles. The largest absolute Gasteiger partial charge is 0.296 e. The molecule has 1 unspecified atom stereocenters. The summed E-state index contributed by atoms with van der Waals surface area (Å²) in [7, 11) is -2.63. The third kappa shape index (κ3) is 0.934. The molecule has 1 atom stereocenters. The first-order valence-electron chi connectivity index (χ1n) is 3.22. The molecule has 2 rings (SSSR count). The van der Waals surface area contributed by atoms with Crippen molar-refractivity contribution in [3.05, 3.63) is 6.33 Å². The maximum Gasteiger partial charge on any atom is 0.274 e. The molecule has 64 valence electrons. The average Bonchev–Trinajstić information content (AvgIpc) is 2.32. The minimum Gasteiger partial charge on any atom is -0.296 e. The molecule has 0 fully saturated rings. The second-order valence-corrected chi connectivity index (χ2v) is 4.68. The van der Waals surface area contributed by atoms with Crippen LogP contribution in [0.2, 0.25) is 0 Å². The van der Waals surface area contributed by atoms with Crippen molar-refractivity contribution < 1.29 is 9.00 Å². The molecule has 0 saturated carbocycles. The SMILES string of the molecule is CS1(=O)=NC(=O)Cn2cnnc21. The number of carbonyl (C=O) groups is 1. The molecule has 0 aromatic carbocycles. The summed E-state index contributed by atoms with van der Waals surface area (Å²) < 4.78 is 16.5. The zero-order chi connectivity index (χ0) is 8.77. The van der Waals surface area contributed by atoms with E-state index >= 15 is 0 Å². The van der Waals surface area contributed by atoms with E-state index in [1.807, 2.05) is 0 Å². The molecular weight excluding hydrogens is 180 g/mol. The van der Waals surface area contributed by atoms with E-state index in [-0.39, 0.29) is 11.7 Å². The molecule has 1 amide bonds. The Morgan fingerprint density at radius 2 is 2.42 bits per heavy atom. The lowest BCUT2D eigenvalue weighted by molar-refractivity contribution is -0.118. The lowest BCUT2D eigenvalue weighted by Gasteiger charge is -2.09. The molecule has 1 aromatic heterocycles. The molecular formula is C5H6N4O2S. The third-order valence-corrected chi connectivity index (χ3v) is 3.05. The van der Waals surface area contributed by atoms with E-state index in [1.165, 1.54) is 17.2 Å². The van der Waals surface area contributed by atoms with Gasteiger partial charge >= 0.3 is 0 Å². The van der Waals surface area contributed by atoms with Gasteiger partial charge in [0.1, 0.15) is 22.6 Å². The fraction of sp³-hybridized carbons (Fsp3) is 0.400. The smallest absolute Gasteiger partial charge is 0.274 e. The molecule has 7 heteroatoms. The number of fused-ring (bicyclic) bond motifs is 1. The van der Waals surface area contributed by atoms with Gasteiger partial charge in [0, 0.05) is 6.26 Å². The highest BCUT2D eigenvalue weighted by Crippen LogP contribution is 2.12. The number of aromatic nitrogens is 3. The highest BCUT2D eigenvalue weighted by molar-refractivity contribution is 7.93. The molecule has 1 aliphatic heterocycles. The zero-order valence-corrected chi connectivity index (χ0v) is 7.11. The number of nitrogens with zero attached hydrogens (tertiary/aromatic N) is 4. The van der Waals surface area contributed by atoms with Crippen molar-refractivity contribution in [1.82, 2.24) is 14.8 Å². The second kappa shape index (κ2) is 2.13. The highest BCUT2D eigenvalue weighted by Gasteiger charge is 2.22. The number of carbonyl (C=O) groups excluding carboxylic acids is 1. The predicted molar refractivity (Wildman–Crippen MR) is 39.8 cm³/mol. The minimum atomic E-state index is -2.63. The van der Waals surface area contributed by atoms with Crippen molar-refractivity contribution in [2.75, 3.05) is 6.26 Å². The minimum absolute atomic E-state index is 0.0904. The van der Waals surface area contributed by atoms with Gasteiger partial charge in [-0.1, -0.05) is 0 Å². The first kappa shape index (κ1) is 7.41. The van der Waals surface area contributed by atoms with E-state index < -0.39 is 15.6 Å². The van der Waals surface area contributed by atoms with Gasteiger partial charge in [-0.3, -0.25) is 9.36 Å². The van der Waals surface area contributed by atoms with Gasteiger partial charge in [-0.05, 0) is 0 Å². The summed E-state index contributed by atoms with van der Waals surface area (Å²) in [5.41, 5.74) is 0. The van der Waals surface area contributed by atoms with Crippen molar-refractivity contribution in [2.45, 2.75) is 11.7 Å². The van der Waals surface area contributed by atoms with Gasteiger partial charge in [-0.2, -0.15) is 4.36 Å². The van der Waals surface area contributed by atoms with Gasteiger partial charge in [-0.25, -0.2) is 4.21 Å². The predicted octanol–water partition coefficient (Wildman–Crippen LogP) is -0.725. The summed E-state index contributed by atoms with van der Waals surface area (Å²) in [6.07, 6.45) is 2.76. The van der Waals surface area contributed by atoms with Gasteiger partial charge in [0.2, 0.25) is 5.16 Å². The lowest BCUT2D eigenvalue weighted by Crippen LogP contribution is -2.20. The number of hydrogen-bond donors (Lipinski definition) is 0. The molecule has 0 radical (unpaired) electrons. The molecule has 1 aromatic rings. The highest BCUT2D eigenvalue weighted by atomic mass is 32.2. The van der Waals surface area contributed by atoms with E-state index in [9.17, 15) is 9.00 Å². The fourth-order valence-corrected chi connectivity index (χ4v) is 2.33. The van der Waals surface area contributed by atoms with Crippen LogP contribution in [0.1, 0.15) is 0 Å². The second-order valence-electron chi connectivity index (χ2n) is 2.53. The summed E-state index contributed by atoms with van der Waals surface area (Å²) >= 11 is 0. The molecule has 0 aliphatic carbocycles. The average molecular weight is 186 g/mol. The van der Waals surface area contributed by atoms with Crippen LogP contribution in [0.25, 0.3) is 0 Å². The number of amides is 1. The van der Waals surface area contributed by atoms with Gasteiger partial charge < -0.3 is 0 Å². The first-order valence-corrected chi connectivity index (χ1v) is 5.15. The van der Waals surface area contributed by atoms with Crippen LogP contribution in [-0.4, -0.2) is 31.1 Å². The zero-order valence-electron chi connectivity index (χ0n) is 6.30. The Hall–Kier alpha value is -1.24. The molecule has 0 bridgehead atoms. The monoisotopic (exact) mass is 186 g/mol. The number of hydrogen-bond acceptors (Lipinski definition) is 4. The Morgan fingerprint density at radius 3 is 3.17 bits per heavy atom. The molecule has 0 N–H and O–H groups in total. The van der Waals surface area contributed by atoms with Crippen LogP contribution < -0.4 is 0 Å². The van der Waals surface area contributed by atoms with Crippen LogP contribution in [0.4, 0.5) is 0 Å². The molecule has 2 heterocycles. The van der Waals surface area contributed by atoms with Gasteiger partial charge in [0.05, 0.1) is 0 Å². The summed E-state index contributed by atoms with van der Waals surface area (Å²) in [6, 6.07) is 0. The fourth-order valence-electron chi connectivity index (χ4n) is 1.06. The molecule has 6 nitrogen and oxygen atoms in total. The van der Waals surface area contributed by atoms with Crippen molar-refractivity contribution in [1.29, 1.82) is 0 Å². The van der Waals surface area contributed by atoms with Crippen molar-refractivity contribution >= 4 is 15.6 Å². The Kier molecular flexibility index (Phi) is 1.31. The standard InChI is InChI=1S/C5H6N4O2S/c1-12(11)5-7-6-3-9(5)2-4(10)8-12/h3H,2H2,1H3. The summed E-state index contributed by atoms with van der Waals surface area (Å²) in [4.78, 5) is 10.9. The van der Waals surface area contributed by atoms with Crippen molar-refractivity contribution in [3.63, 3.8) is 0 Å². The lowest BCUT2D eigenvalue weighted by atomic mass is 10.6. The van der Waals surface area contributed by atoms with E-state index in [0.717, 1.165) is 0 Å². The molecule has 1 aliphatic rings. The van der Waals surface area contributed by atoms with E-state index in [0.29, 0.717) is 0 Å². The Balaban J connectivity index is 2.77.